The molecule has 6 heteroatoms. The predicted molar refractivity (Wildman–Crippen MR) is 63.1 cm³/mol. The maximum Gasteiger partial charge on any atom is 0.239 e. The highest BCUT2D eigenvalue weighted by Crippen LogP contribution is 2.25. The van der Waals surface area contributed by atoms with Gasteiger partial charge in [0.1, 0.15) is 18.0 Å². The van der Waals surface area contributed by atoms with Gasteiger partial charge in [0.05, 0.1) is 6.54 Å². The second-order valence-electron chi connectivity index (χ2n) is 3.70. The molecule has 1 aromatic heterocycles. The zero-order valence-electron chi connectivity index (χ0n) is 9.74. The number of nitrogen functional groups attached to an aromatic ring is 1. The molecule has 0 aliphatic rings. The number of carbonyl (C=O) groups is 1. The number of anilines is 2. The van der Waals surface area contributed by atoms with Gasteiger partial charge in [-0.1, -0.05) is 13.8 Å². The molecule has 0 aromatic carbocycles. The van der Waals surface area contributed by atoms with Crippen molar-refractivity contribution < 1.29 is 4.79 Å². The molecule has 0 aliphatic carbocycles. The molecule has 0 aliphatic heterocycles. The van der Waals surface area contributed by atoms with Crippen molar-refractivity contribution in [1.29, 1.82) is 0 Å². The third-order valence-corrected chi connectivity index (χ3v) is 2.19. The summed E-state index contributed by atoms with van der Waals surface area (Å²) in [6.45, 7) is 4.17. The van der Waals surface area contributed by atoms with E-state index in [1.165, 1.54) is 6.33 Å². The molecule has 0 atom stereocenters. The second-order valence-corrected chi connectivity index (χ2v) is 3.70. The fourth-order valence-corrected chi connectivity index (χ4v) is 1.37. The lowest BCUT2D eigenvalue weighted by Gasteiger charge is -2.14. The number of nitrogens with zero attached hydrogens (tertiary/aromatic N) is 2. The van der Waals surface area contributed by atoms with Crippen molar-refractivity contribution in [2.24, 2.45) is 0 Å². The monoisotopic (exact) mass is 223 g/mol. The van der Waals surface area contributed by atoms with Crippen LogP contribution in [0, 0.1) is 0 Å². The van der Waals surface area contributed by atoms with Gasteiger partial charge in [0.2, 0.25) is 5.91 Å². The first-order valence-corrected chi connectivity index (χ1v) is 5.11. The second kappa shape index (κ2) is 5.29. The number of likely N-dealkylation sites (N-methyl/N-ethyl adjacent to an activating group) is 1. The van der Waals surface area contributed by atoms with E-state index in [4.69, 9.17) is 5.73 Å². The number of amides is 1. The van der Waals surface area contributed by atoms with Crippen LogP contribution in [0.4, 0.5) is 11.6 Å². The molecule has 0 bridgehead atoms. The van der Waals surface area contributed by atoms with Gasteiger partial charge in [-0.25, -0.2) is 9.97 Å². The van der Waals surface area contributed by atoms with Crippen molar-refractivity contribution in [2.75, 3.05) is 24.6 Å². The summed E-state index contributed by atoms with van der Waals surface area (Å²) in [6, 6.07) is 0. The Labute approximate surface area is 94.7 Å². The highest BCUT2D eigenvalue weighted by Gasteiger charge is 2.13. The number of rotatable bonds is 4. The van der Waals surface area contributed by atoms with Crippen LogP contribution in [0.5, 0.6) is 0 Å². The van der Waals surface area contributed by atoms with Crippen LogP contribution in [0.3, 0.4) is 0 Å². The Bertz CT molecular complexity index is 377. The molecule has 1 amide bonds. The Kier molecular flexibility index (Phi) is 4.04. The lowest BCUT2D eigenvalue weighted by molar-refractivity contribution is -0.118. The van der Waals surface area contributed by atoms with Crippen LogP contribution in [0.15, 0.2) is 6.33 Å². The summed E-state index contributed by atoms with van der Waals surface area (Å²) in [5, 5.41) is 5.47. The predicted octanol–water partition coefficient (Wildman–Crippen LogP) is 0.340. The number of carbonyl (C=O) groups excluding carboxylic acids is 1. The van der Waals surface area contributed by atoms with Crippen molar-refractivity contribution >= 4 is 17.5 Å². The Balaban J connectivity index is 2.87. The fourth-order valence-electron chi connectivity index (χ4n) is 1.37. The fraction of sp³-hybridized carbons (Fsp3) is 0.500. The third kappa shape index (κ3) is 2.82. The summed E-state index contributed by atoms with van der Waals surface area (Å²) in [7, 11) is 1.59. The largest absolute Gasteiger partial charge is 0.383 e. The first kappa shape index (κ1) is 12.2. The van der Waals surface area contributed by atoms with E-state index >= 15 is 0 Å². The first-order valence-electron chi connectivity index (χ1n) is 5.11. The number of nitrogens with two attached hydrogens (primary N) is 1. The standard InChI is InChI=1S/C10H17N5O/c1-6(2)8-9(11)14-5-15-10(8)13-4-7(16)12-3/h5-6H,4H2,1-3H3,(H,12,16)(H3,11,13,14,15). The van der Waals surface area contributed by atoms with E-state index in [1.807, 2.05) is 13.8 Å². The Morgan fingerprint density at radius 1 is 1.50 bits per heavy atom. The minimum Gasteiger partial charge on any atom is -0.383 e. The molecule has 1 rings (SSSR count). The first-order chi connectivity index (χ1) is 7.56. The summed E-state index contributed by atoms with van der Waals surface area (Å²) in [6.07, 6.45) is 1.38. The molecule has 0 fully saturated rings. The van der Waals surface area contributed by atoms with Crippen LogP contribution in [0.25, 0.3) is 0 Å². The molecule has 0 spiro atoms. The lowest BCUT2D eigenvalue weighted by atomic mass is 10.0. The number of hydrogen-bond donors (Lipinski definition) is 3. The maximum absolute atomic E-state index is 11.1. The van der Waals surface area contributed by atoms with Crippen LogP contribution in [-0.2, 0) is 4.79 Å². The van der Waals surface area contributed by atoms with Crippen LogP contribution in [0.1, 0.15) is 25.3 Å². The number of aromatic nitrogens is 2. The molecule has 1 heterocycles. The van der Waals surface area contributed by atoms with E-state index in [0.29, 0.717) is 11.6 Å². The van der Waals surface area contributed by atoms with Gasteiger partial charge in [0.15, 0.2) is 0 Å². The molecule has 6 nitrogen and oxygen atoms in total. The summed E-state index contributed by atoms with van der Waals surface area (Å²) >= 11 is 0. The minimum absolute atomic E-state index is 0.105. The van der Waals surface area contributed by atoms with Gasteiger partial charge in [-0.3, -0.25) is 4.79 Å². The molecule has 16 heavy (non-hydrogen) atoms. The van der Waals surface area contributed by atoms with Crippen LogP contribution < -0.4 is 16.4 Å². The highest BCUT2D eigenvalue weighted by atomic mass is 16.1. The van der Waals surface area contributed by atoms with Crippen LogP contribution in [0.2, 0.25) is 0 Å². The molecule has 0 saturated carbocycles. The Hall–Kier alpha value is -1.85. The summed E-state index contributed by atoms with van der Waals surface area (Å²) < 4.78 is 0. The molecule has 88 valence electrons. The third-order valence-electron chi connectivity index (χ3n) is 2.19. The van der Waals surface area contributed by atoms with Gasteiger partial charge in [0.25, 0.3) is 0 Å². The van der Waals surface area contributed by atoms with Gasteiger partial charge in [-0.2, -0.15) is 0 Å². The Morgan fingerprint density at radius 2 is 2.19 bits per heavy atom. The number of nitrogens with one attached hydrogen (secondary N) is 2. The quantitative estimate of drug-likeness (QED) is 0.684. The SMILES string of the molecule is CNC(=O)CNc1ncnc(N)c1C(C)C. The topological polar surface area (TPSA) is 92.9 Å². The molecule has 4 N–H and O–H groups in total. The van der Waals surface area contributed by atoms with Gasteiger partial charge in [-0.15, -0.1) is 0 Å². The van der Waals surface area contributed by atoms with E-state index < -0.39 is 0 Å². The normalized spacial score (nSPS) is 10.2. The van der Waals surface area contributed by atoms with Gasteiger partial charge in [0, 0.05) is 12.6 Å². The molecular weight excluding hydrogens is 206 g/mol. The minimum atomic E-state index is -0.105. The van der Waals surface area contributed by atoms with Crippen molar-refractivity contribution in [3.05, 3.63) is 11.9 Å². The summed E-state index contributed by atoms with van der Waals surface area (Å²) in [5.74, 6) is 1.16. The van der Waals surface area contributed by atoms with E-state index in [-0.39, 0.29) is 18.4 Å². The van der Waals surface area contributed by atoms with Gasteiger partial charge in [-0.05, 0) is 5.92 Å². The zero-order valence-corrected chi connectivity index (χ0v) is 9.74. The maximum atomic E-state index is 11.1. The van der Waals surface area contributed by atoms with Crippen molar-refractivity contribution in [2.45, 2.75) is 19.8 Å². The van der Waals surface area contributed by atoms with Crippen molar-refractivity contribution in [1.82, 2.24) is 15.3 Å². The summed E-state index contributed by atoms with van der Waals surface area (Å²) in [5.41, 5.74) is 6.61. The lowest BCUT2D eigenvalue weighted by Crippen LogP contribution is -2.27. The zero-order chi connectivity index (χ0) is 12.1. The molecule has 0 saturated heterocycles. The van der Waals surface area contributed by atoms with Gasteiger partial charge >= 0.3 is 0 Å². The number of hydrogen-bond acceptors (Lipinski definition) is 5. The average molecular weight is 223 g/mol. The van der Waals surface area contributed by atoms with Crippen LogP contribution >= 0.6 is 0 Å². The average Bonchev–Trinajstić information content (AvgIpc) is 2.25. The van der Waals surface area contributed by atoms with E-state index in [2.05, 4.69) is 20.6 Å². The Morgan fingerprint density at radius 3 is 2.75 bits per heavy atom. The molecule has 0 unspecified atom stereocenters. The molecule has 1 aromatic rings. The highest BCUT2D eigenvalue weighted by molar-refractivity contribution is 5.80. The smallest absolute Gasteiger partial charge is 0.239 e. The molecule has 0 radical (unpaired) electrons. The van der Waals surface area contributed by atoms with Crippen molar-refractivity contribution in [3.63, 3.8) is 0 Å². The summed E-state index contributed by atoms with van der Waals surface area (Å²) in [4.78, 5) is 19.1. The van der Waals surface area contributed by atoms with E-state index in [9.17, 15) is 4.79 Å². The van der Waals surface area contributed by atoms with E-state index in [1.54, 1.807) is 7.05 Å². The van der Waals surface area contributed by atoms with Crippen molar-refractivity contribution in [3.8, 4) is 0 Å². The van der Waals surface area contributed by atoms with Crippen LogP contribution in [-0.4, -0.2) is 29.5 Å². The molecular formula is C10H17N5O. The van der Waals surface area contributed by atoms with E-state index in [0.717, 1.165) is 5.56 Å². The van der Waals surface area contributed by atoms with Gasteiger partial charge < -0.3 is 16.4 Å².